The van der Waals surface area contributed by atoms with Gasteiger partial charge in [0.1, 0.15) is 4.90 Å². The third-order valence-electron chi connectivity index (χ3n) is 5.07. The second-order valence-electron chi connectivity index (χ2n) is 7.74. The Hall–Kier alpha value is -2.31. The fourth-order valence-corrected chi connectivity index (χ4v) is 5.23. The lowest BCUT2D eigenvalue weighted by Gasteiger charge is -2.14. The van der Waals surface area contributed by atoms with Crippen LogP contribution in [-0.2, 0) is 10.0 Å². The highest BCUT2D eigenvalue weighted by Crippen LogP contribution is 2.26. The summed E-state index contributed by atoms with van der Waals surface area (Å²) in [4.78, 5) is 12.4. The molecule has 2 N–H and O–H groups in total. The summed E-state index contributed by atoms with van der Waals surface area (Å²) in [6.07, 6.45) is 7.69. The summed E-state index contributed by atoms with van der Waals surface area (Å²) < 4.78 is 28.4. The zero-order chi connectivity index (χ0) is 21.7. The Morgan fingerprint density at radius 3 is 2.47 bits per heavy atom. The smallest absolute Gasteiger partial charge is 0.263 e. The van der Waals surface area contributed by atoms with Crippen LogP contribution in [0.3, 0.4) is 0 Å². The minimum Gasteiger partial charge on any atom is -0.352 e. The number of allylic oxidation sites excluding steroid dienone is 1. The molecule has 2 aromatic rings. The highest BCUT2D eigenvalue weighted by molar-refractivity contribution is 7.92. The largest absolute Gasteiger partial charge is 0.352 e. The van der Waals surface area contributed by atoms with E-state index in [0.29, 0.717) is 12.2 Å². The summed E-state index contributed by atoms with van der Waals surface area (Å²) in [6, 6.07) is 9.75. The molecule has 3 rings (SSSR count). The Labute approximate surface area is 183 Å². The molecule has 30 heavy (non-hydrogen) atoms. The van der Waals surface area contributed by atoms with Crippen molar-refractivity contribution in [2.24, 2.45) is 0 Å². The van der Waals surface area contributed by atoms with Crippen molar-refractivity contribution in [3.63, 3.8) is 0 Å². The zero-order valence-electron chi connectivity index (χ0n) is 17.3. The molecule has 0 fully saturated rings. The van der Waals surface area contributed by atoms with Gasteiger partial charge in [-0.15, -0.1) is 0 Å². The summed E-state index contributed by atoms with van der Waals surface area (Å²) in [5, 5.41) is 2.94. The van der Waals surface area contributed by atoms with Gasteiger partial charge in [-0.2, -0.15) is 0 Å². The normalized spacial score (nSPS) is 14.2. The molecule has 1 aliphatic rings. The first kappa shape index (κ1) is 22.4. The molecule has 0 radical (unpaired) electrons. The molecule has 0 heterocycles. The van der Waals surface area contributed by atoms with Gasteiger partial charge in [-0.25, -0.2) is 8.42 Å². The van der Waals surface area contributed by atoms with Crippen molar-refractivity contribution < 1.29 is 13.2 Å². The zero-order valence-corrected chi connectivity index (χ0v) is 18.9. The molecule has 0 atom stereocenters. The number of halogens is 1. The number of sulfonamides is 1. The van der Waals surface area contributed by atoms with Gasteiger partial charge in [0.05, 0.1) is 5.02 Å². The highest BCUT2D eigenvalue weighted by atomic mass is 35.5. The first-order valence-electron chi connectivity index (χ1n) is 10.1. The van der Waals surface area contributed by atoms with Gasteiger partial charge in [-0.05, 0) is 87.4 Å². The summed E-state index contributed by atoms with van der Waals surface area (Å²) in [7, 11) is -3.94. The van der Waals surface area contributed by atoms with Crippen LogP contribution in [0.1, 0.15) is 53.6 Å². The lowest BCUT2D eigenvalue weighted by Crippen LogP contribution is -2.25. The van der Waals surface area contributed by atoms with Gasteiger partial charge in [-0.3, -0.25) is 9.52 Å². The Bertz CT molecular complexity index is 1060. The molecule has 7 heteroatoms. The second kappa shape index (κ2) is 9.67. The van der Waals surface area contributed by atoms with Crippen LogP contribution in [0.2, 0.25) is 5.02 Å². The predicted octanol–water partition coefficient (Wildman–Crippen LogP) is 5.38. The maximum absolute atomic E-state index is 12.9. The minimum atomic E-state index is -3.94. The quantitative estimate of drug-likeness (QED) is 0.561. The molecule has 1 amide bonds. The molecule has 0 bridgehead atoms. The van der Waals surface area contributed by atoms with Crippen molar-refractivity contribution >= 4 is 33.2 Å². The molecule has 0 aromatic heterocycles. The van der Waals surface area contributed by atoms with Gasteiger partial charge in [0.15, 0.2) is 0 Å². The lowest BCUT2D eigenvalue weighted by atomic mass is 9.97. The van der Waals surface area contributed by atoms with Crippen molar-refractivity contribution in [1.82, 2.24) is 5.32 Å². The molecule has 0 spiro atoms. The van der Waals surface area contributed by atoms with E-state index in [-0.39, 0.29) is 21.4 Å². The van der Waals surface area contributed by atoms with Crippen LogP contribution in [0, 0.1) is 13.8 Å². The molecule has 160 valence electrons. The fourth-order valence-electron chi connectivity index (χ4n) is 3.66. The monoisotopic (exact) mass is 446 g/mol. The van der Waals surface area contributed by atoms with Crippen LogP contribution in [0.5, 0.6) is 0 Å². The van der Waals surface area contributed by atoms with E-state index in [9.17, 15) is 13.2 Å². The molecule has 0 saturated heterocycles. The fraction of sp³-hybridized carbons (Fsp3) is 0.348. The molecule has 2 aromatic carbocycles. The van der Waals surface area contributed by atoms with E-state index in [4.69, 9.17) is 11.6 Å². The van der Waals surface area contributed by atoms with Crippen molar-refractivity contribution in [2.45, 2.75) is 50.8 Å². The summed E-state index contributed by atoms with van der Waals surface area (Å²) >= 11 is 6.16. The Morgan fingerprint density at radius 2 is 1.80 bits per heavy atom. The van der Waals surface area contributed by atoms with Crippen LogP contribution >= 0.6 is 11.6 Å². The molecule has 0 unspecified atom stereocenters. The Morgan fingerprint density at radius 1 is 1.07 bits per heavy atom. The van der Waals surface area contributed by atoms with E-state index in [1.165, 1.54) is 36.6 Å². The lowest BCUT2D eigenvalue weighted by molar-refractivity contribution is 0.0954. The number of amides is 1. The van der Waals surface area contributed by atoms with E-state index in [1.807, 2.05) is 19.9 Å². The SMILES string of the molecule is Cc1cc(C)cc(NS(=O)(=O)c2cc(C(=O)NCCC3=CCCCC3)ccc2Cl)c1. The molecular weight excluding hydrogens is 420 g/mol. The number of aryl methyl sites for hydroxylation is 2. The average molecular weight is 447 g/mol. The number of benzene rings is 2. The summed E-state index contributed by atoms with van der Waals surface area (Å²) in [6.45, 7) is 4.31. The van der Waals surface area contributed by atoms with E-state index < -0.39 is 10.0 Å². The summed E-state index contributed by atoms with van der Waals surface area (Å²) in [5.41, 5.74) is 3.98. The maximum atomic E-state index is 12.9. The third-order valence-corrected chi connectivity index (χ3v) is 6.94. The topological polar surface area (TPSA) is 75.3 Å². The van der Waals surface area contributed by atoms with Crippen LogP contribution in [0.15, 0.2) is 52.9 Å². The number of hydrogen-bond donors (Lipinski definition) is 2. The summed E-state index contributed by atoms with van der Waals surface area (Å²) in [5.74, 6) is -0.314. The standard InChI is InChI=1S/C23H27ClN2O3S/c1-16-12-17(2)14-20(13-16)26-30(28,29)22-15-19(8-9-21(22)24)23(27)25-11-10-18-6-4-3-5-7-18/h6,8-9,12-15,26H,3-5,7,10-11H2,1-2H3,(H,25,27). The number of anilines is 1. The van der Waals surface area contributed by atoms with E-state index in [0.717, 1.165) is 30.4 Å². The number of carbonyl (C=O) groups is 1. The van der Waals surface area contributed by atoms with E-state index in [2.05, 4.69) is 16.1 Å². The number of carbonyl (C=O) groups excluding carboxylic acids is 1. The molecule has 0 saturated carbocycles. The van der Waals surface area contributed by atoms with Crippen molar-refractivity contribution in [1.29, 1.82) is 0 Å². The minimum absolute atomic E-state index is 0.0655. The number of hydrogen-bond acceptors (Lipinski definition) is 3. The van der Waals surface area contributed by atoms with Crippen LogP contribution in [-0.4, -0.2) is 20.9 Å². The maximum Gasteiger partial charge on any atom is 0.263 e. The predicted molar refractivity (Wildman–Crippen MR) is 122 cm³/mol. The molecule has 0 aliphatic heterocycles. The molecular formula is C23H27ClN2O3S. The Balaban J connectivity index is 1.73. The van der Waals surface area contributed by atoms with Crippen LogP contribution < -0.4 is 10.0 Å². The van der Waals surface area contributed by atoms with Gasteiger partial charge in [-0.1, -0.05) is 29.3 Å². The van der Waals surface area contributed by atoms with E-state index >= 15 is 0 Å². The first-order chi connectivity index (χ1) is 14.2. The van der Waals surface area contributed by atoms with Crippen LogP contribution in [0.4, 0.5) is 5.69 Å². The first-order valence-corrected chi connectivity index (χ1v) is 12.0. The van der Waals surface area contributed by atoms with Crippen molar-refractivity contribution in [3.05, 3.63) is 69.8 Å². The van der Waals surface area contributed by atoms with Crippen molar-refractivity contribution in [3.8, 4) is 0 Å². The van der Waals surface area contributed by atoms with E-state index in [1.54, 1.807) is 12.1 Å². The van der Waals surface area contributed by atoms with Gasteiger partial charge in [0.2, 0.25) is 0 Å². The van der Waals surface area contributed by atoms with Crippen LogP contribution in [0.25, 0.3) is 0 Å². The van der Waals surface area contributed by atoms with Crippen molar-refractivity contribution in [2.75, 3.05) is 11.3 Å². The molecule has 5 nitrogen and oxygen atoms in total. The van der Waals surface area contributed by atoms with Gasteiger partial charge in [0, 0.05) is 17.8 Å². The number of rotatable bonds is 7. The Kier molecular flexibility index (Phi) is 7.21. The molecule has 1 aliphatic carbocycles. The second-order valence-corrected chi connectivity index (χ2v) is 9.80. The average Bonchev–Trinajstić information content (AvgIpc) is 2.67. The van der Waals surface area contributed by atoms with Gasteiger partial charge >= 0.3 is 0 Å². The van der Waals surface area contributed by atoms with Gasteiger partial charge in [0.25, 0.3) is 15.9 Å². The van der Waals surface area contributed by atoms with Gasteiger partial charge < -0.3 is 5.32 Å². The highest BCUT2D eigenvalue weighted by Gasteiger charge is 2.21. The third kappa shape index (κ3) is 5.86. The number of nitrogens with one attached hydrogen (secondary N) is 2.